The second-order valence-electron chi connectivity index (χ2n) is 4.80. The van der Waals surface area contributed by atoms with Gasteiger partial charge < -0.3 is 10.5 Å². The second kappa shape index (κ2) is 6.33. The fourth-order valence-corrected chi connectivity index (χ4v) is 1.89. The van der Waals surface area contributed by atoms with Gasteiger partial charge in [0.25, 0.3) is 0 Å². The molecular formula is C14H20N4O. The molecule has 0 aliphatic heterocycles. The fourth-order valence-electron chi connectivity index (χ4n) is 1.89. The Kier molecular flexibility index (Phi) is 4.52. The molecule has 19 heavy (non-hydrogen) atoms. The van der Waals surface area contributed by atoms with Crippen molar-refractivity contribution >= 4 is 0 Å². The fraction of sp³-hybridized carbons (Fsp3) is 0.429. The molecule has 2 N–H and O–H groups in total. The van der Waals surface area contributed by atoms with Crippen molar-refractivity contribution in [3.8, 4) is 5.75 Å². The normalized spacial score (nSPS) is 12.4. The molecule has 0 saturated heterocycles. The Labute approximate surface area is 113 Å². The summed E-state index contributed by atoms with van der Waals surface area (Å²) in [5, 5.41) is 7.91. The molecule has 0 radical (unpaired) electrons. The van der Waals surface area contributed by atoms with E-state index < -0.39 is 0 Å². The summed E-state index contributed by atoms with van der Waals surface area (Å²) in [6.45, 7) is 2.66. The molecule has 0 spiro atoms. The summed E-state index contributed by atoms with van der Waals surface area (Å²) in [5.74, 6) is 0.895. The SMILES string of the molecule is Cc1cccc(OCCC(N)Cc2cn(C)nn2)c1. The van der Waals surface area contributed by atoms with Crippen LogP contribution in [0.3, 0.4) is 0 Å². The van der Waals surface area contributed by atoms with Crippen molar-refractivity contribution in [1.29, 1.82) is 0 Å². The van der Waals surface area contributed by atoms with Gasteiger partial charge in [-0.3, -0.25) is 4.68 Å². The molecule has 0 aliphatic rings. The molecule has 5 heteroatoms. The number of nitrogens with zero attached hydrogens (tertiary/aromatic N) is 3. The molecule has 1 unspecified atom stereocenters. The lowest BCUT2D eigenvalue weighted by Gasteiger charge is -2.11. The average molecular weight is 260 g/mol. The van der Waals surface area contributed by atoms with Crippen LogP contribution in [0.15, 0.2) is 30.5 Å². The number of ether oxygens (including phenoxy) is 1. The Morgan fingerprint density at radius 1 is 1.42 bits per heavy atom. The zero-order chi connectivity index (χ0) is 13.7. The van der Waals surface area contributed by atoms with E-state index in [4.69, 9.17) is 10.5 Å². The summed E-state index contributed by atoms with van der Waals surface area (Å²) in [6, 6.07) is 8.06. The third kappa shape index (κ3) is 4.37. The summed E-state index contributed by atoms with van der Waals surface area (Å²) in [4.78, 5) is 0. The monoisotopic (exact) mass is 260 g/mol. The Balaban J connectivity index is 1.73. The molecule has 1 aromatic carbocycles. The van der Waals surface area contributed by atoms with E-state index in [1.54, 1.807) is 4.68 Å². The zero-order valence-electron chi connectivity index (χ0n) is 11.4. The van der Waals surface area contributed by atoms with E-state index in [0.29, 0.717) is 6.61 Å². The maximum atomic E-state index is 6.05. The van der Waals surface area contributed by atoms with Crippen LogP contribution in [0.4, 0.5) is 0 Å². The highest BCUT2D eigenvalue weighted by molar-refractivity contribution is 5.27. The van der Waals surface area contributed by atoms with Gasteiger partial charge in [0.2, 0.25) is 0 Å². The summed E-state index contributed by atoms with van der Waals surface area (Å²) in [5.41, 5.74) is 8.17. The van der Waals surface area contributed by atoms with E-state index in [9.17, 15) is 0 Å². The van der Waals surface area contributed by atoms with Crippen molar-refractivity contribution in [2.24, 2.45) is 12.8 Å². The first-order valence-corrected chi connectivity index (χ1v) is 6.44. The maximum absolute atomic E-state index is 6.05. The quantitative estimate of drug-likeness (QED) is 0.854. The van der Waals surface area contributed by atoms with Crippen LogP contribution >= 0.6 is 0 Å². The van der Waals surface area contributed by atoms with Crippen molar-refractivity contribution in [3.05, 3.63) is 41.7 Å². The van der Waals surface area contributed by atoms with Crippen LogP contribution in [0, 0.1) is 6.92 Å². The van der Waals surface area contributed by atoms with Gasteiger partial charge in [-0.15, -0.1) is 5.10 Å². The number of hydrogen-bond donors (Lipinski definition) is 1. The first kappa shape index (κ1) is 13.5. The van der Waals surface area contributed by atoms with Crippen LogP contribution in [-0.2, 0) is 13.5 Å². The van der Waals surface area contributed by atoms with Crippen LogP contribution in [0.5, 0.6) is 5.75 Å². The van der Waals surface area contributed by atoms with Gasteiger partial charge in [-0.05, 0) is 31.0 Å². The highest BCUT2D eigenvalue weighted by Gasteiger charge is 2.07. The molecule has 0 saturated carbocycles. The van der Waals surface area contributed by atoms with Crippen LogP contribution in [0.25, 0.3) is 0 Å². The molecule has 0 aliphatic carbocycles. The molecule has 1 heterocycles. The van der Waals surface area contributed by atoms with Gasteiger partial charge in [0, 0.05) is 25.7 Å². The molecule has 1 aromatic heterocycles. The van der Waals surface area contributed by atoms with E-state index in [1.807, 2.05) is 44.4 Å². The van der Waals surface area contributed by atoms with Crippen molar-refractivity contribution in [2.75, 3.05) is 6.61 Å². The Hall–Kier alpha value is -1.88. The first-order valence-electron chi connectivity index (χ1n) is 6.44. The molecular weight excluding hydrogens is 240 g/mol. The molecule has 0 amide bonds. The van der Waals surface area contributed by atoms with Crippen LogP contribution in [0.2, 0.25) is 0 Å². The minimum atomic E-state index is 0.0431. The van der Waals surface area contributed by atoms with E-state index in [2.05, 4.69) is 10.3 Å². The van der Waals surface area contributed by atoms with E-state index >= 15 is 0 Å². The highest BCUT2D eigenvalue weighted by Crippen LogP contribution is 2.12. The smallest absolute Gasteiger partial charge is 0.119 e. The number of benzene rings is 1. The lowest BCUT2D eigenvalue weighted by Crippen LogP contribution is -2.25. The first-order chi connectivity index (χ1) is 9.13. The number of aryl methyl sites for hydroxylation is 2. The predicted octanol–water partition coefficient (Wildman–Crippen LogP) is 1.46. The standard InChI is InChI=1S/C14H20N4O/c1-11-4-3-5-14(8-11)19-7-6-12(15)9-13-10-18(2)17-16-13/h3-5,8,10,12H,6-7,9,15H2,1-2H3. The van der Waals surface area contributed by atoms with Crippen molar-refractivity contribution in [3.63, 3.8) is 0 Å². The van der Waals surface area contributed by atoms with Gasteiger partial charge in [-0.1, -0.05) is 17.3 Å². The Morgan fingerprint density at radius 2 is 2.26 bits per heavy atom. The third-order valence-corrected chi connectivity index (χ3v) is 2.87. The number of nitrogens with two attached hydrogens (primary N) is 1. The zero-order valence-corrected chi connectivity index (χ0v) is 11.4. The number of hydrogen-bond acceptors (Lipinski definition) is 4. The Bertz CT molecular complexity index is 524. The van der Waals surface area contributed by atoms with Crippen molar-refractivity contribution < 1.29 is 4.74 Å². The van der Waals surface area contributed by atoms with Crippen LogP contribution in [0.1, 0.15) is 17.7 Å². The lowest BCUT2D eigenvalue weighted by atomic mass is 10.1. The van der Waals surface area contributed by atoms with E-state index in [0.717, 1.165) is 24.3 Å². The summed E-state index contributed by atoms with van der Waals surface area (Å²) >= 11 is 0. The van der Waals surface area contributed by atoms with Gasteiger partial charge in [0.1, 0.15) is 5.75 Å². The Morgan fingerprint density at radius 3 is 2.95 bits per heavy atom. The summed E-state index contributed by atoms with van der Waals surface area (Å²) < 4.78 is 7.36. The molecule has 1 atom stereocenters. The number of rotatable bonds is 6. The average Bonchev–Trinajstić information content (AvgIpc) is 2.75. The minimum Gasteiger partial charge on any atom is -0.494 e. The van der Waals surface area contributed by atoms with E-state index in [-0.39, 0.29) is 6.04 Å². The van der Waals surface area contributed by atoms with Crippen LogP contribution in [-0.4, -0.2) is 27.6 Å². The van der Waals surface area contributed by atoms with Gasteiger partial charge in [0.15, 0.2) is 0 Å². The minimum absolute atomic E-state index is 0.0431. The highest BCUT2D eigenvalue weighted by atomic mass is 16.5. The predicted molar refractivity (Wildman–Crippen MR) is 74.0 cm³/mol. The van der Waals surface area contributed by atoms with Crippen molar-refractivity contribution in [2.45, 2.75) is 25.8 Å². The topological polar surface area (TPSA) is 66.0 Å². The van der Waals surface area contributed by atoms with E-state index in [1.165, 1.54) is 5.56 Å². The molecule has 0 fully saturated rings. The molecule has 0 bridgehead atoms. The molecule has 102 valence electrons. The summed E-state index contributed by atoms with van der Waals surface area (Å²) in [7, 11) is 1.85. The second-order valence-corrected chi connectivity index (χ2v) is 4.80. The maximum Gasteiger partial charge on any atom is 0.119 e. The van der Waals surface area contributed by atoms with Gasteiger partial charge >= 0.3 is 0 Å². The number of aromatic nitrogens is 3. The molecule has 2 aromatic rings. The van der Waals surface area contributed by atoms with Gasteiger partial charge in [0.05, 0.1) is 12.3 Å². The molecule has 5 nitrogen and oxygen atoms in total. The molecule has 2 rings (SSSR count). The van der Waals surface area contributed by atoms with Gasteiger partial charge in [-0.2, -0.15) is 0 Å². The van der Waals surface area contributed by atoms with Gasteiger partial charge in [-0.25, -0.2) is 0 Å². The van der Waals surface area contributed by atoms with Crippen molar-refractivity contribution in [1.82, 2.24) is 15.0 Å². The largest absolute Gasteiger partial charge is 0.494 e. The van der Waals surface area contributed by atoms with Crippen LogP contribution < -0.4 is 10.5 Å². The lowest BCUT2D eigenvalue weighted by molar-refractivity contribution is 0.296. The third-order valence-electron chi connectivity index (χ3n) is 2.87. The summed E-state index contributed by atoms with van der Waals surface area (Å²) in [6.07, 6.45) is 3.41.